The lowest BCUT2D eigenvalue weighted by Crippen LogP contribution is -2.24. The van der Waals surface area contributed by atoms with E-state index in [1.807, 2.05) is 0 Å². The van der Waals surface area contributed by atoms with E-state index in [4.69, 9.17) is 21.9 Å². The summed E-state index contributed by atoms with van der Waals surface area (Å²) < 4.78 is 7.44. The van der Waals surface area contributed by atoms with Gasteiger partial charge in [0.25, 0.3) is 0 Å². The first-order chi connectivity index (χ1) is 11.1. The third kappa shape index (κ3) is 7.49. The summed E-state index contributed by atoms with van der Waals surface area (Å²) in [5.74, 6) is -0.285. The molecule has 0 radical (unpaired) electrons. The van der Waals surface area contributed by atoms with E-state index in [9.17, 15) is 4.79 Å². The van der Waals surface area contributed by atoms with Gasteiger partial charge in [0.15, 0.2) is 5.69 Å². The highest BCUT2D eigenvalue weighted by Gasteiger charge is 2.20. The lowest BCUT2D eigenvalue weighted by atomic mass is 10.2. The lowest BCUT2D eigenvalue weighted by molar-refractivity contribution is 0.00627. The number of halogens is 1. The fourth-order valence-corrected chi connectivity index (χ4v) is 2.05. The van der Waals surface area contributed by atoms with E-state index in [2.05, 4.69) is 26.2 Å². The number of carbonyl (C=O) groups excluding carboxylic acids is 1. The van der Waals surface area contributed by atoms with Crippen LogP contribution in [0.4, 0.5) is 0 Å². The van der Waals surface area contributed by atoms with Gasteiger partial charge >= 0.3 is 5.97 Å². The standard InChI is InChI=1S/C15H25BrN6O2/c1-15(2,3)24-14(23)12-9-22(21-20-12)7-5-4-6-10(17)8-11(16)13(18)19/h8-9H,4-7,17-19H2,1-3H3/b10-8-. The number of hydrogen-bond acceptors (Lipinski definition) is 7. The van der Waals surface area contributed by atoms with Gasteiger partial charge < -0.3 is 21.9 Å². The van der Waals surface area contributed by atoms with Gasteiger partial charge in [0.1, 0.15) is 11.4 Å². The molecule has 6 N–H and O–H groups in total. The molecule has 8 nitrogen and oxygen atoms in total. The van der Waals surface area contributed by atoms with Crippen LogP contribution in [-0.2, 0) is 11.3 Å². The highest BCUT2D eigenvalue weighted by atomic mass is 79.9. The number of nitrogens with two attached hydrogens (primary N) is 3. The van der Waals surface area contributed by atoms with Gasteiger partial charge in [-0.2, -0.15) is 0 Å². The Morgan fingerprint density at radius 1 is 1.33 bits per heavy atom. The summed E-state index contributed by atoms with van der Waals surface area (Å²) >= 11 is 3.23. The number of carbonyl (C=O) groups is 1. The monoisotopic (exact) mass is 400 g/mol. The number of hydrogen-bond donors (Lipinski definition) is 3. The van der Waals surface area contributed by atoms with Crippen molar-refractivity contribution in [2.75, 3.05) is 0 Å². The molecule has 0 saturated heterocycles. The maximum absolute atomic E-state index is 11.9. The molecule has 0 unspecified atom stereocenters. The Bertz CT molecular complexity index is 626. The third-order valence-corrected chi connectivity index (χ3v) is 3.52. The van der Waals surface area contributed by atoms with Gasteiger partial charge in [-0.3, -0.25) is 4.68 Å². The largest absolute Gasteiger partial charge is 0.455 e. The summed E-state index contributed by atoms with van der Waals surface area (Å²) in [5, 5.41) is 7.76. The van der Waals surface area contributed by atoms with E-state index in [1.165, 1.54) is 0 Å². The fraction of sp³-hybridized carbons (Fsp3) is 0.533. The van der Waals surface area contributed by atoms with Crippen LogP contribution in [0.2, 0.25) is 0 Å². The molecule has 1 heterocycles. The van der Waals surface area contributed by atoms with Crippen LogP contribution in [-0.4, -0.2) is 26.6 Å². The van der Waals surface area contributed by atoms with Crippen LogP contribution >= 0.6 is 15.9 Å². The van der Waals surface area contributed by atoms with Crippen LogP contribution in [0.5, 0.6) is 0 Å². The molecule has 0 fully saturated rings. The zero-order valence-electron chi connectivity index (χ0n) is 14.3. The smallest absolute Gasteiger partial charge is 0.361 e. The van der Waals surface area contributed by atoms with Crippen LogP contribution in [0.3, 0.4) is 0 Å². The Balaban J connectivity index is 2.42. The molecule has 0 aromatic carbocycles. The van der Waals surface area contributed by atoms with Crippen LogP contribution in [0, 0.1) is 0 Å². The second-order valence-electron chi connectivity index (χ2n) is 6.35. The van der Waals surface area contributed by atoms with E-state index in [0.717, 1.165) is 12.8 Å². The topological polar surface area (TPSA) is 135 Å². The molecule has 0 saturated carbocycles. The Labute approximate surface area is 150 Å². The molecular formula is C15H25BrN6O2. The fourth-order valence-electron chi connectivity index (χ4n) is 1.75. The van der Waals surface area contributed by atoms with Crippen molar-refractivity contribution in [3.8, 4) is 0 Å². The molecule has 134 valence electrons. The number of unbranched alkanes of at least 4 members (excludes halogenated alkanes) is 1. The maximum atomic E-state index is 11.9. The van der Waals surface area contributed by atoms with E-state index < -0.39 is 11.6 Å². The number of rotatable bonds is 7. The van der Waals surface area contributed by atoms with Crippen molar-refractivity contribution in [2.24, 2.45) is 17.2 Å². The normalized spacial score (nSPS) is 12.1. The molecule has 0 amide bonds. The van der Waals surface area contributed by atoms with Gasteiger partial charge in [-0.25, -0.2) is 4.79 Å². The van der Waals surface area contributed by atoms with Crippen molar-refractivity contribution >= 4 is 21.9 Å². The summed E-state index contributed by atoms with van der Waals surface area (Å²) in [6, 6.07) is 0. The quantitative estimate of drug-likeness (QED) is 0.360. The van der Waals surface area contributed by atoms with Crippen molar-refractivity contribution in [1.82, 2.24) is 15.0 Å². The first kappa shape index (κ1) is 20.0. The first-order valence-electron chi connectivity index (χ1n) is 7.58. The zero-order chi connectivity index (χ0) is 18.3. The number of esters is 1. The highest BCUT2D eigenvalue weighted by molar-refractivity contribution is 9.11. The van der Waals surface area contributed by atoms with Gasteiger partial charge in [-0.05, 0) is 62.0 Å². The zero-order valence-corrected chi connectivity index (χ0v) is 15.8. The summed E-state index contributed by atoms with van der Waals surface area (Å²) in [6.07, 6.45) is 5.68. The Hall–Kier alpha value is -2.03. The van der Waals surface area contributed by atoms with Gasteiger partial charge in [0.05, 0.1) is 10.7 Å². The molecule has 0 spiro atoms. The average molecular weight is 401 g/mol. The molecule has 0 aliphatic heterocycles. The van der Waals surface area contributed by atoms with Crippen molar-refractivity contribution in [2.45, 2.75) is 52.2 Å². The second-order valence-corrected chi connectivity index (χ2v) is 7.20. The molecule has 1 aromatic rings. The number of allylic oxidation sites excluding steroid dienone is 3. The molecule has 9 heteroatoms. The molecule has 0 bridgehead atoms. The number of ether oxygens (including phenoxy) is 1. The van der Waals surface area contributed by atoms with Crippen molar-refractivity contribution in [3.63, 3.8) is 0 Å². The van der Waals surface area contributed by atoms with Crippen molar-refractivity contribution in [3.05, 3.63) is 34.0 Å². The summed E-state index contributed by atoms with van der Waals surface area (Å²) in [5.41, 5.74) is 17.1. The van der Waals surface area contributed by atoms with Gasteiger partial charge in [-0.1, -0.05) is 5.21 Å². The minimum absolute atomic E-state index is 0.190. The van der Waals surface area contributed by atoms with Gasteiger partial charge in [0, 0.05) is 12.2 Å². The molecule has 0 aliphatic carbocycles. The molecule has 0 atom stereocenters. The molecule has 0 aliphatic rings. The van der Waals surface area contributed by atoms with E-state index in [0.29, 0.717) is 23.1 Å². The van der Waals surface area contributed by atoms with E-state index in [1.54, 1.807) is 37.7 Å². The predicted molar refractivity (Wildman–Crippen MR) is 95.6 cm³/mol. The maximum Gasteiger partial charge on any atom is 0.361 e. The number of aryl methyl sites for hydroxylation is 1. The second kappa shape index (κ2) is 8.72. The summed E-state index contributed by atoms with van der Waals surface area (Å²) in [6.45, 7) is 6.05. The van der Waals surface area contributed by atoms with Crippen LogP contribution in [0.1, 0.15) is 50.5 Å². The Kier molecular flexibility index (Phi) is 7.27. The molecular weight excluding hydrogens is 376 g/mol. The van der Waals surface area contributed by atoms with Crippen molar-refractivity contribution < 1.29 is 9.53 Å². The van der Waals surface area contributed by atoms with Crippen LogP contribution in [0.15, 0.2) is 28.3 Å². The van der Waals surface area contributed by atoms with Gasteiger partial charge in [0.2, 0.25) is 0 Å². The van der Waals surface area contributed by atoms with Crippen molar-refractivity contribution in [1.29, 1.82) is 0 Å². The minimum Gasteiger partial charge on any atom is -0.455 e. The highest BCUT2D eigenvalue weighted by Crippen LogP contribution is 2.13. The van der Waals surface area contributed by atoms with Gasteiger partial charge in [-0.15, -0.1) is 5.10 Å². The minimum atomic E-state index is -0.555. The summed E-state index contributed by atoms with van der Waals surface area (Å²) in [7, 11) is 0. The van der Waals surface area contributed by atoms with Crippen LogP contribution < -0.4 is 17.2 Å². The predicted octanol–water partition coefficient (Wildman–Crippen LogP) is 1.73. The summed E-state index contributed by atoms with van der Waals surface area (Å²) in [4.78, 5) is 11.9. The molecule has 1 aromatic heterocycles. The average Bonchev–Trinajstić information content (AvgIpc) is 2.90. The first-order valence-corrected chi connectivity index (χ1v) is 8.38. The number of nitrogens with zero attached hydrogens (tertiary/aromatic N) is 3. The van der Waals surface area contributed by atoms with Crippen LogP contribution in [0.25, 0.3) is 0 Å². The lowest BCUT2D eigenvalue weighted by Gasteiger charge is -2.18. The molecule has 1 rings (SSSR count). The van der Waals surface area contributed by atoms with E-state index in [-0.39, 0.29) is 11.5 Å². The SMILES string of the molecule is CC(C)(C)OC(=O)c1cn(CCCC/C(N)=C/C(Br)=C(N)N)nn1. The molecule has 24 heavy (non-hydrogen) atoms. The van der Waals surface area contributed by atoms with E-state index >= 15 is 0 Å². The Morgan fingerprint density at radius 2 is 2.00 bits per heavy atom. The third-order valence-electron chi connectivity index (χ3n) is 2.84. The Morgan fingerprint density at radius 3 is 2.58 bits per heavy atom. The number of aromatic nitrogens is 3.